The second-order valence-electron chi connectivity index (χ2n) is 5.21. The van der Waals surface area contributed by atoms with Crippen LogP contribution in [0.3, 0.4) is 0 Å². The van der Waals surface area contributed by atoms with Crippen molar-refractivity contribution in [2.24, 2.45) is 0 Å². The fourth-order valence-corrected chi connectivity index (χ4v) is 1.79. The fraction of sp³-hybridized carbons (Fsp3) is 0.600. The van der Waals surface area contributed by atoms with Gasteiger partial charge in [0.2, 0.25) is 0 Å². The Bertz CT molecular complexity index is 404. The lowest BCUT2D eigenvalue weighted by atomic mass is 10.00. The van der Waals surface area contributed by atoms with E-state index in [1.807, 2.05) is 24.3 Å². The minimum atomic E-state index is -4.29. The molecule has 6 heteroatoms. The Labute approximate surface area is 123 Å². The van der Waals surface area contributed by atoms with Gasteiger partial charge in [0.25, 0.3) is 0 Å². The first kappa shape index (κ1) is 17.9. The number of rotatable bonds is 8. The Morgan fingerprint density at radius 2 is 1.71 bits per heavy atom. The highest BCUT2D eigenvalue weighted by Crippen LogP contribution is 2.18. The van der Waals surface area contributed by atoms with Gasteiger partial charge in [-0.3, -0.25) is 0 Å². The number of benzene rings is 1. The maximum atomic E-state index is 11.8. The number of aliphatic hydroxyl groups excluding tert-OH is 1. The molecule has 0 saturated carbocycles. The van der Waals surface area contributed by atoms with Crippen LogP contribution >= 0.6 is 0 Å². The Hall–Kier alpha value is -1.11. The van der Waals surface area contributed by atoms with E-state index in [0.717, 1.165) is 5.56 Å². The molecule has 0 bridgehead atoms. The quantitative estimate of drug-likeness (QED) is 0.726. The lowest BCUT2D eigenvalue weighted by Gasteiger charge is -2.14. The topological polar surface area (TPSA) is 41.5 Å². The molecule has 0 amide bonds. The third-order valence-electron chi connectivity index (χ3n) is 3.01. The molecule has 21 heavy (non-hydrogen) atoms. The maximum absolute atomic E-state index is 11.8. The van der Waals surface area contributed by atoms with Crippen molar-refractivity contribution in [2.45, 2.75) is 32.0 Å². The zero-order valence-corrected chi connectivity index (χ0v) is 12.3. The molecule has 3 nitrogen and oxygen atoms in total. The minimum Gasteiger partial charge on any atom is -0.387 e. The number of nitrogens with one attached hydrogen (secondary N) is 1. The molecular weight excluding hydrogens is 283 g/mol. The Morgan fingerprint density at radius 3 is 2.24 bits per heavy atom. The average Bonchev–Trinajstić information content (AvgIpc) is 2.41. The van der Waals surface area contributed by atoms with Crippen LogP contribution in [0.4, 0.5) is 13.2 Å². The summed E-state index contributed by atoms with van der Waals surface area (Å²) in [6.07, 6.45) is -4.98. The number of hydrogen-bond donors (Lipinski definition) is 2. The summed E-state index contributed by atoms with van der Waals surface area (Å²) in [4.78, 5) is 0. The first-order chi connectivity index (χ1) is 9.79. The zero-order valence-electron chi connectivity index (χ0n) is 12.3. The number of halogens is 3. The third kappa shape index (κ3) is 7.45. The van der Waals surface area contributed by atoms with Gasteiger partial charge in [-0.25, -0.2) is 0 Å². The summed E-state index contributed by atoms with van der Waals surface area (Å²) < 4.78 is 39.9. The Kier molecular flexibility index (Phi) is 7.14. The lowest BCUT2D eigenvalue weighted by Crippen LogP contribution is -2.27. The van der Waals surface area contributed by atoms with Gasteiger partial charge in [-0.05, 0) is 17.0 Å². The van der Waals surface area contributed by atoms with E-state index in [-0.39, 0.29) is 19.7 Å². The second kappa shape index (κ2) is 8.36. The van der Waals surface area contributed by atoms with Crippen molar-refractivity contribution in [3.8, 4) is 0 Å². The number of hydrogen-bond acceptors (Lipinski definition) is 3. The van der Waals surface area contributed by atoms with Crippen LogP contribution in [0.25, 0.3) is 0 Å². The largest absolute Gasteiger partial charge is 0.411 e. The van der Waals surface area contributed by atoms with Gasteiger partial charge in [-0.2, -0.15) is 13.2 Å². The number of ether oxygens (including phenoxy) is 1. The highest BCUT2D eigenvalue weighted by Gasteiger charge is 2.27. The molecule has 1 aromatic carbocycles. The van der Waals surface area contributed by atoms with Crippen LogP contribution in [0.5, 0.6) is 0 Å². The summed E-state index contributed by atoms with van der Waals surface area (Å²) in [5.74, 6) is 0.431. The fourth-order valence-electron chi connectivity index (χ4n) is 1.79. The normalized spacial score (nSPS) is 13.7. The molecule has 0 aliphatic rings. The standard InChI is InChI=1S/C15H22F3NO2/c1-11(2)12-3-5-13(6-4-12)14(20)9-19-7-8-21-10-15(16,17)18/h3-6,11,14,19-20H,7-10H2,1-2H3. The van der Waals surface area contributed by atoms with Crippen molar-refractivity contribution in [3.05, 3.63) is 35.4 Å². The van der Waals surface area contributed by atoms with Gasteiger partial charge in [0.15, 0.2) is 0 Å². The van der Waals surface area contributed by atoms with Crippen LogP contribution in [0.15, 0.2) is 24.3 Å². The van der Waals surface area contributed by atoms with Gasteiger partial charge in [0, 0.05) is 13.1 Å². The maximum Gasteiger partial charge on any atom is 0.411 e. The minimum absolute atomic E-state index is 0.0431. The van der Waals surface area contributed by atoms with Crippen LogP contribution in [-0.2, 0) is 4.74 Å². The highest BCUT2D eigenvalue weighted by molar-refractivity contribution is 5.26. The number of alkyl halides is 3. The molecule has 0 aliphatic carbocycles. The van der Waals surface area contributed by atoms with E-state index in [1.54, 1.807) is 0 Å². The van der Waals surface area contributed by atoms with Crippen molar-refractivity contribution >= 4 is 0 Å². The van der Waals surface area contributed by atoms with Crippen molar-refractivity contribution in [2.75, 3.05) is 26.3 Å². The molecule has 0 aromatic heterocycles. The molecule has 1 unspecified atom stereocenters. The van der Waals surface area contributed by atoms with Crippen LogP contribution in [0.1, 0.15) is 37.0 Å². The molecular formula is C15H22F3NO2. The van der Waals surface area contributed by atoms with E-state index in [1.165, 1.54) is 5.56 Å². The SMILES string of the molecule is CC(C)c1ccc(C(O)CNCCOCC(F)(F)F)cc1. The van der Waals surface area contributed by atoms with Gasteiger partial charge >= 0.3 is 6.18 Å². The van der Waals surface area contributed by atoms with Gasteiger partial charge in [-0.1, -0.05) is 38.1 Å². The van der Waals surface area contributed by atoms with E-state index in [4.69, 9.17) is 0 Å². The molecule has 2 N–H and O–H groups in total. The van der Waals surface area contributed by atoms with Gasteiger partial charge < -0.3 is 15.2 Å². The monoisotopic (exact) mass is 305 g/mol. The van der Waals surface area contributed by atoms with Crippen LogP contribution in [-0.4, -0.2) is 37.6 Å². The van der Waals surface area contributed by atoms with Gasteiger partial charge in [-0.15, -0.1) is 0 Å². The van der Waals surface area contributed by atoms with E-state index < -0.39 is 18.9 Å². The van der Waals surface area contributed by atoms with Crippen LogP contribution in [0, 0.1) is 0 Å². The average molecular weight is 305 g/mol. The molecule has 0 saturated heterocycles. The molecule has 0 heterocycles. The summed E-state index contributed by atoms with van der Waals surface area (Å²) in [5.41, 5.74) is 1.97. The van der Waals surface area contributed by atoms with E-state index in [2.05, 4.69) is 23.9 Å². The van der Waals surface area contributed by atoms with Crippen molar-refractivity contribution in [3.63, 3.8) is 0 Å². The zero-order chi connectivity index (χ0) is 15.9. The summed E-state index contributed by atoms with van der Waals surface area (Å²) in [5, 5.41) is 12.8. The van der Waals surface area contributed by atoms with Crippen molar-refractivity contribution < 1.29 is 23.0 Å². The second-order valence-corrected chi connectivity index (χ2v) is 5.21. The highest BCUT2D eigenvalue weighted by atomic mass is 19.4. The number of aliphatic hydroxyl groups is 1. The van der Waals surface area contributed by atoms with Crippen molar-refractivity contribution in [1.29, 1.82) is 0 Å². The Morgan fingerprint density at radius 1 is 1.14 bits per heavy atom. The summed E-state index contributed by atoms with van der Waals surface area (Å²) in [6, 6.07) is 7.66. The molecule has 1 aromatic rings. The third-order valence-corrected chi connectivity index (χ3v) is 3.01. The summed E-state index contributed by atoms with van der Waals surface area (Å²) in [7, 11) is 0. The van der Waals surface area contributed by atoms with Gasteiger partial charge in [0.1, 0.15) is 6.61 Å². The molecule has 1 rings (SSSR count). The molecule has 0 spiro atoms. The van der Waals surface area contributed by atoms with E-state index in [9.17, 15) is 18.3 Å². The molecule has 0 radical (unpaired) electrons. The molecule has 120 valence electrons. The van der Waals surface area contributed by atoms with Crippen molar-refractivity contribution in [1.82, 2.24) is 5.32 Å². The predicted molar refractivity (Wildman–Crippen MR) is 75.2 cm³/mol. The molecule has 0 fully saturated rings. The lowest BCUT2D eigenvalue weighted by molar-refractivity contribution is -0.173. The summed E-state index contributed by atoms with van der Waals surface area (Å²) >= 11 is 0. The van der Waals surface area contributed by atoms with Crippen LogP contribution < -0.4 is 5.32 Å². The van der Waals surface area contributed by atoms with Crippen LogP contribution in [0.2, 0.25) is 0 Å². The van der Waals surface area contributed by atoms with E-state index in [0.29, 0.717) is 5.92 Å². The van der Waals surface area contributed by atoms with E-state index >= 15 is 0 Å². The first-order valence-electron chi connectivity index (χ1n) is 6.92. The molecule has 1 atom stereocenters. The van der Waals surface area contributed by atoms with Gasteiger partial charge in [0.05, 0.1) is 12.7 Å². The molecule has 0 aliphatic heterocycles. The smallest absolute Gasteiger partial charge is 0.387 e. The predicted octanol–water partition coefficient (Wildman–Crippen LogP) is 3.01. The Balaban J connectivity index is 2.23. The summed E-state index contributed by atoms with van der Waals surface area (Å²) in [6.45, 7) is 3.43. The first-order valence-corrected chi connectivity index (χ1v) is 6.92.